The Morgan fingerprint density at radius 2 is 2.09 bits per heavy atom. The summed E-state index contributed by atoms with van der Waals surface area (Å²) < 4.78 is 0. The van der Waals surface area contributed by atoms with Gasteiger partial charge in [0.05, 0.1) is 5.56 Å². The standard InChI is InChI=1S/C16H15ClN4OS/c17-11-1-2-12-13(10-19-14(12)9-11)15(22)20-4-6-21(7-5-20)16-18-3-8-23-16/h1-3,8-10,19H,4-7H2. The van der Waals surface area contributed by atoms with Gasteiger partial charge in [-0.2, -0.15) is 0 Å². The van der Waals surface area contributed by atoms with Crippen molar-refractivity contribution in [2.75, 3.05) is 31.1 Å². The summed E-state index contributed by atoms with van der Waals surface area (Å²) in [6.07, 6.45) is 3.59. The summed E-state index contributed by atoms with van der Waals surface area (Å²) in [5.74, 6) is 0.0670. The summed E-state index contributed by atoms with van der Waals surface area (Å²) in [6.45, 7) is 3.04. The number of amides is 1. The number of hydrogen-bond acceptors (Lipinski definition) is 4. The van der Waals surface area contributed by atoms with Crippen LogP contribution in [0.2, 0.25) is 5.02 Å². The van der Waals surface area contributed by atoms with Gasteiger partial charge in [-0.1, -0.05) is 17.7 Å². The number of hydrogen-bond donors (Lipinski definition) is 1. The van der Waals surface area contributed by atoms with Crippen LogP contribution in [-0.2, 0) is 0 Å². The monoisotopic (exact) mass is 346 g/mol. The van der Waals surface area contributed by atoms with E-state index in [2.05, 4.69) is 14.9 Å². The lowest BCUT2D eigenvalue weighted by Crippen LogP contribution is -2.48. The topological polar surface area (TPSA) is 52.2 Å². The van der Waals surface area contributed by atoms with Crippen molar-refractivity contribution >= 4 is 44.9 Å². The van der Waals surface area contributed by atoms with Gasteiger partial charge in [-0.05, 0) is 12.1 Å². The molecule has 7 heteroatoms. The SMILES string of the molecule is O=C(c1c[nH]c2cc(Cl)ccc12)N1CCN(c2nccs2)CC1. The molecular weight excluding hydrogens is 332 g/mol. The maximum Gasteiger partial charge on any atom is 0.256 e. The average molecular weight is 347 g/mol. The number of carbonyl (C=O) groups is 1. The zero-order chi connectivity index (χ0) is 15.8. The van der Waals surface area contributed by atoms with Gasteiger partial charge in [0.2, 0.25) is 0 Å². The van der Waals surface area contributed by atoms with E-state index >= 15 is 0 Å². The van der Waals surface area contributed by atoms with Crippen LogP contribution in [0.5, 0.6) is 0 Å². The normalized spacial score (nSPS) is 15.3. The summed E-state index contributed by atoms with van der Waals surface area (Å²) >= 11 is 7.63. The maximum atomic E-state index is 12.8. The predicted octanol–water partition coefficient (Wildman–Crippen LogP) is 3.24. The van der Waals surface area contributed by atoms with E-state index in [1.54, 1.807) is 17.5 Å². The van der Waals surface area contributed by atoms with Crippen molar-refractivity contribution in [3.05, 3.63) is 46.6 Å². The highest BCUT2D eigenvalue weighted by Crippen LogP contribution is 2.24. The number of aromatic amines is 1. The van der Waals surface area contributed by atoms with Gasteiger partial charge < -0.3 is 14.8 Å². The molecule has 0 unspecified atom stereocenters. The number of thiazole rings is 1. The number of H-pyrrole nitrogens is 1. The van der Waals surface area contributed by atoms with Crippen molar-refractivity contribution in [3.63, 3.8) is 0 Å². The Morgan fingerprint density at radius 1 is 1.26 bits per heavy atom. The zero-order valence-electron chi connectivity index (χ0n) is 12.3. The van der Waals surface area contributed by atoms with Gasteiger partial charge in [0.25, 0.3) is 5.91 Å². The fraction of sp³-hybridized carbons (Fsp3) is 0.250. The molecule has 1 saturated heterocycles. The van der Waals surface area contributed by atoms with Gasteiger partial charge in [0, 0.05) is 59.9 Å². The van der Waals surface area contributed by atoms with E-state index < -0.39 is 0 Å². The molecule has 3 heterocycles. The van der Waals surface area contributed by atoms with Gasteiger partial charge in [0.1, 0.15) is 0 Å². The number of rotatable bonds is 2. The van der Waals surface area contributed by atoms with E-state index in [0.717, 1.165) is 29.1 Å². The van der Waals surface area contributed by atoms with Gasteiger partial charge in [-0.3, -0.25) is 4.79 Å². The molecule has 1 amide bonds. The molecule has 0 aliphatic carbocycles. The third kappa shape index (κ3) is 2.68. The molecule has 1 fully saturated rings. The number of nitrogens with zero attached hydrogens (tertiary/aromatic N) is 3. The molecule has 1 aliphatic rings. The first-order chi connectivity index (χ1) is 11.2. The molecule has 1 aromatic carbocycles. The smallest absolute Gasteiger partial charge is 0.256 e. The summed E-state index contributed by atoms with van der Waals surface area (Å²) in [4.78, 5) is 24.4. The Kier molecular flexibility index (Phi) is 3.71. The lowest BCUT2D eigenvalue weighted by molar-refractivity contribution is 0.0749. The van der Waals surface area contributed by atoms with Crippen molar-refractivity contribution < 1.29 is 4.79 Å². The van der Waals surface area contributed by atoms with Crippen LogP contribution in [0, 0.1) is 0 Å². The molecule has 1 aliphatic heterocycles. The van der Waals surface area contributed by atoms with Crippen molar-refractivity contribution in [1.29, 1.82) is 0 Å². The maximum absolute atomic E-state index is 12.8. The van der Waals surface area contributed by atoms with Gasteiger partial charge in [-0.25, -0.2) is 4.98 Å². The molecular formula is C16H15ClN4OS. The number of carbonyl (C=O) groups excluding carboxylic acids is 1. The minimum atomic E-state index is 0.0670. The van der Waals surface area contributed by atoms with E-state index in [9.17, 15) is 4.79 Å². The Bertz CT molecular complexity index is 837. The summed E-state index contributed by atoms with van der Waals surface area (Å²) in [6, 6.07) is 5.55. The molecule has 118 valence electrons. The first kappa shape index (κ1) is 14.5. The number of fused-ring (bicyclic) bond motifs is 1. The van der Waals surface area contributed by atoms with Crippen LogP contribution in [0.1, 0.15) is 10.4 Å². The lowest BCUT2D eigenvalue weighted by atomic mass is 10.1. The Balaban J connectivity index is 1.51. The molecule has 23 heavy (non-hydrogen) atoms. The van der Waals surface area contributed by atoms with Crippen molar-refractivity contribution in [2.45, 2.75) is 0 Å². The van der Waals surface area contributed by atoms with Gasteiger partial charge in [0.15, 0.2) is 5.13 Å². The Hall–Kier alpha value is -2.05. The summed E-state index contributed by atoms with van der Waals surface area (Å²) in [7, 11) is 0. The highest BCUT2D eigenvalue weighted by molar-refractivity contribution is 7.13. The quantitative estimate of drug-likeness (QED) is 0.775. The molecule has 0 bridgehead atoms. The highest BCUT2D eigenvalue weighted by Gasteiger charge is 2.24. The van der Waals surface area contributed by atoms with Crippen molar-refractivity contribution in [2.24, 2.45) is 0 Å². The number of benzene rings is 1. The number of halogens is 1. The third-order valence-electron chi connectivity index (χ3n) is 4.13. The first-order valence-electron chi connectivity index (χ1n) is 7.43. The molecule has 0 saturated carbocycles. The van der Waals surface area contributed by atoms with E-state index in [0.29, 0.717) is 23.7 Å². The van der Waals surface area contributed by atoms with E-state index in [4.69, 9.17) is 11.6 Å². The van der Waals surface area contributed by atoms with E-state index in [1.165, 1.54) is 0 Å². The van der Waals surface area contributed by atoms with Crippen LogP contribution in [0.25, 0.3) is 10.9 Å². The summed E-state index contributed by atoms with van der Waals surface area (Å²) in [5.41, 5.74) is 1.60. The largest absolute Gasteiger partial charge is 0.360 e. The van der Waals surface area contributed by atoms with Crippen LogP contribution in [-0.4, -0.2) is 47.0 Å². The second-order valence-electron chi connectivity index (χ2n) is 5.49. The zero-order valence-corrected chi connectivity index (χ0v) is 13.9. The molecule has 4 rings (SSSR count). The van der Waals surface area contributed by atoms with Crippen LogP contribution in [0.4, 0.5) is 5.13 Å². The molecule has 0 spiro atoms. The van der Waals surface area contributed by atoms with Crippen LogP contribution in [0.15, 0.2) is 36.0 Å². The molecule has 3 aromatic rings. The number of piperazine rings is 1. The molecule has 1 N–H and O–H groups in total. The second kappa shape index (κ2) is 5.86. The Labute approximate surface area is 142 Å². The number of aromatic nitrogens is 2. The molecule has 0 atom stereocenters. The third-order valence-corrected chi connectivity index (χ3v) is 5.20. The van der Waals surface area contributed by atoms with Crippen molar-refractivity contribution in [3.8, 4) is 0 Å². The molecule has 2 aromatic heterocycles. The average Bonchev–Trinajstić information content (AvgIpc) is 3.23. The van der Waals surface area contributed by atoms with E-state index in [1.807, 2.05) is 34.7 Å². The lowest BCUT2D eigenvalue weighted by Gasteiger charge is -2.34. The second-order valence-corrected chi connectivity index (χ2v) is 6.80. The van der Waals surface area contributed by atoms with E-state index in [-0.39, 0.29) is 5.91 Å². The van der Waals surface area contributed by atoms with Gasteiger partial charge in [-0.15, -0.1) is 11.3 Å². The fourth-order valence-electron chi connectivity index (χ4n) is 2.92. The van der Waals surface area contributed by atoms with Crippen LogP contribution in [0.3, 0.4) is 0 Å². The van der Waals surface area contributed by atoms with Crippen molar-refractivity contribution in [1.82, 2.24) is 14.9 Å². The minimum absolute atomic E-state index is 0.0670. The number of anilines is 1. The predicted molar refractivity (Wildman–Crippen MR) is 93.5 cm³/mol. The number of nitrogens with one attached hydrogen (secondary N) is 1. The van der Waals surface area contributed by atoms with Crippen LogP contribution >= 0.6 is 22.9 Å². The fourth-order valence-corrected chi connectivity index (χ4v) is 3.79. The van der Waals surface area contributed by atoms with Crippen LogP contribution < -0.4 is 4.90 Å². The molecule has 0 radical (unpaired) electrons. The summed E-state index contributed by atoms with van der Waals surface area (Å²) in [5, 5.41) is 4.58. The highest BCUT2D eigenvalue weighted by atomic mass is 35.5. The first-order valence-corrected chi connectivity index (χ1v) is 8.68. The molecule has 5 nitrogen and oxygen atoms in total. The Morgan fingerprint density at radius 3 is 2.83 bits per heavy atom. The van der Waals surface area contributed by atoms with Gasteiger partial charge >= 0.3 is 0 Å². The minimum Gasteiger partial charge on any atom is -0.360 e.